The molecule has 5 nitrogen and oxygen atoms in total. The summed E-state index contributed by atoms with van der Waals surface area (Å²) < 4.78 is 38.7. The van der Waals surface area contributed by atoms with E-state index in [0.29, 0.717) is 0 Å². The van der Waals surface area contributed by atoms with E-state index in [1.807, 2.05) is 0 Å². The van der Waals surface area contributed by atoms with Crippen LogP contribution in [-0.4, -0.2) is 21.0 Å². The number of nitrogens with zero attached hydrogens (tertiary/aromatic N) is 2. The predicted octanol–water partition coefficient (Wildman–Crippen LogP) is 3.59. The smallest absolute Gasteiger partial charge is 0.418 e. The summed E-state index contributed by atoms with van der Waals surface area (Å²) in [5.41, 5.74) is -1.53. The Kier molecular flexibility index (Phi) is 3.99. The molecule has 0 bridgehead atoms. The molecular weight excluding hydrogens is 311 g/mol. The van der Waals surface area contributed by atoms with Crippen molar-refractivity contribution in [2.75, 3.05) is 5.32 Å². The van der Waals surface area contributed by atoms with Crippen molar-refractivity contribution >= 4 is 29.1 Å². The number of anilines is 2. The van der Waals surface area contributed by atoms with Crippen LogP contribution in [0.3, 0.4) is 0 Å². The summed E-state index contributed by atoms with van der Waals surface area (Å²) in [5.74, 6) is -1.30. The lowest BCUT2D eigenvalue weighted by Crippen LogP contribution is -2.10. The number of aromatic carboxylic acids is 1. The monoisotopic (exact) mass is 317 g/mol. The molecule has 110 valence electrons. The molecule has 0 unspecified atom stereocenters. The number of hydrogen-bond acceptors (Lipinski definition) is 4. The minimum absolute atomic E-state index is 0.0205. The van der Waals surface area contributed by atoms with Crippen LogP contribution in [0.15, 0.2) is 30.6 Å². The number of carboxylic acids is 1. The van der Waals surface area contributed by atoms with Crippen molar-refractivity contribution in [3.05, 3.63) is 46.9 Å². The number of hydrogen-bond donors (Lipinski definition) is 2. The fourth-order valence-electron chi connectivity index (χ4n) is 1.50. The van der Waals surface area contributed by atoms with Crippen LogP contribution >= 0.6 is 11.6 Å². The Balaban J connectivity index is 2.33. The van der Waals surface area contributed by atoms with Gasteiger partial charge in [0.25, 0.3) is 0 Å². The van der Waals surface area contributed by atoms with Gasteiger partial charge in [-0.2, -0.15) is 13.2 Å². The molecule has 0 aliphatic rings. The normalized spacial score (nSPS) is 11.2. The molecule has 21 heavy (non-hydrogen) atoms. The number of rotatable bonds is 3. The van der Waals surface area contributed by atoms with Crippen LogP contribution in [0.25, 0.3) is 0 Å². The maximum atomic E-state index is 12.9. The molecule has 2 N–H and O–H groups in total. The fourth-order valence-corrected chi connectivity index (χ4v) is 1.67. The van der Waals surface area contributed by atoms with E-state index in [2.05, 4.69) is 15.3 Å². The molecule has 0 saturated heterocycles. The maximum absolute atomic E-state index is 12.9. The van der Waals surface area contributed by atoms with Gasteiger partial charge in [-0.25, -0.2) is 14.8 Å². The zero-order valence-corrected chi connectivity index (χ0v) is 10.9. The second-order valence-corrected chi connectivity index (χ2v) is 4.34. The average Bonchev–Trinajstić information content (AvgIpc) is 2.40. The van der Waals surface area contributed by atoms with E-state index < -0.39 is 17.7 Å². The number of alkyl halides is 3. The van der Waals surface area contributed by atoms with E-state index in [4.69, 9.17) is 16.7 Å². The Morgan fingerprint density at radius 2 is 1.95 bits per heavy atom. The molecule has 9 heteroatoms. The number of carboxylic acid groups (broad SMARTS) is 1. The van der Waals surface area contributed by atoms with Crippen molar-refractivity contribution in [1.82, 2.24) is 9.97 Å². The Hall–Kier alpha value is -2.35. The third-order valence-corrected chi connectivity index (χ3v) is 2.66. The quantitative estimate of drug-likeness (QED) is 0.904. The molecule has 0 spiro atoms. The third-order valence-electron chi connectivity index (χ3n) is 2.42. The van der Waals surface area contributed by atoms with Crippen LogP contribution in [0.5, 0.6) is 0 Å². The summed E-state index contributed by atoms with van der Waals surface area (Å²) >= 11 is 5.56. The van der Waals surface area contributed by atoms with Gasteiger partial charge in [-0.15, -0.1) is 0 Å². The highest BCUT2D eigenvalue weighted by atomic mass is 35.5. The Morgan fingerprint density at radius 3 is 2.48 bits per heavy atom. The highest BCUT2D eigenvalue weighted by Crippen LogP contribution is 2.37. The number of halogens is 4. The molecule has 1 aromatic carbocycles. The van der Waals surface area contributed by atoms with Crippen molar-refractivity contribution in [3.63, 3.8) is 0 Å². The van der Waals surface area contributed by atoms with E-state index in [1.165, 1.54) is 6.07 Å². The van der Waals surface area contributed by atoms with Gasteiger partial charge in [0.2, 0.25) is 0 Å². The number of carbonyl (C=O) groups is 1. The van der Waals surface area contributed by atoms with Gasteiger partial charge in [-0.1, -0.05) is 11.6 Å². The van der Waals surface area contributed by atoms with Crippen LogP contribution in [0.2, 0.25) is 5.02 Å². The highest BCUT2D eigenvalue weighted by molar-refractivity contribution is 6.30. The van der Waals surface area contributed by atoms with E-state index in [1.54, 1.807) is 0 Å². The molecule has 1 heterocycles. The first-order chi connectivity index (χ1) is 9.77. The van der Waals surface area contributed by atoms with Crippen molar-refractivity contribution in [1.29, 1.82) is 0 Å². The van der Waals surface area contributed by atoms with E-state index in [-0.39, 0.29) is 22.2 Å². The summed E-state index contributed by atoms with van der Waals surface area (Å²) in [6.07, 6.45) is -2.63. The molecule has 0 amide bonds. The summed E-state index contributed by atoms with van der Waals surface area (Å²) in [4.78, 5) is 17.8. The first kappa shape index (κ1) is 15.0. The second-order valence-electron chi connectivity index (χ2n) is 3.90. The average molecular weight is 318 g/mol. The first-order valence-corrected chi connectivity index (χ1v) is 5.84. The molecule has 0 atom stereocenters. The van der Waals surface area contributed by atoms with Gasteiger partial charge in [0.15, 0.2) is 5.69 Å². The first-order valence-electron chi connectivity index (χ1n) is 5.46. The Bertz CT molecular complexity index is 674. The van der Waals surface area contributed by atoms with Crippen LogP contribution in [-0.2, 0) is 6.18 Å². The van der Waals surface area contributed by atoms with E-state index >= 15 is 0 Å². The Labute approximate surface area is 121 Å². The van der Waals surface area contributed by atoms with E-state index in [0.717, 1.165) is 24.5 Å². The topological polar surface area (TPSA) is 75.1 Å². The second kappa shape index (κ2) is 5.57. The lowest BCUT2D eigenvalue weighted by atomic mass is 10.1. The third kappa shape index (κ3) is 3.60. The lowest BCUT2D eigenvalue weighted by molar-refractivity contribution is -0.136. The Morgan fingerprint density at radius 1 is 1.24 bits per heavy atom. The zero-order chi connectivity index (χ0) is 15.6. The summed E-state index contributed by atoms with van der Waals surface area (Å²) in [5, 5.41) is 11.0. The van der Waals surface area contributed by atoms with Crippen molar-refractivity contribution in [3.8, 4) is 0 Å². The van der Waals surface area contributed by atoms with Gasteiger partial charge in [0.05, 0.1) is 23.6 Å². The fraction of sp³-hybridized carbons (Fsp3) is 0.0833. The molecule has 2 aromatic rings. The molecule has 0 aliphatic heterocycles. The molecule has 0 saturated carbocycles. The molecule has 1 aromatic heterocycles. The molecule has 2 rings (SSSR count). The standard InChI is InChI=1S/C12H7ClF3N3O2/c13-6-1-2-8(7(3-6)12(14,15)16)19-10-5-17-9(4-18-10)11(20)21/h1-5H,(H,18,19)(H,20,21). The van der Waals surface area contributed by atoms with Crippen LogP contribution < -0.4 is 5.32 Å². The zero-order valence-electron chi connectivity index (χ0n) is 10.1. The molecule has 0 aliphatic carbocycles. The summed E-state index contributed by atoms with van der Waals surface area (Å²) in [6, 6.07) is 3.22. The summed E-state index contributed by atoms with van der Waals surface area (Å²) in [7, 11) is 0. The van der Waals surface area contributed by atoms with Crippen LogP contribution in [0.4, 0.5) is 24.7 Å². The van der Waals surface area contributed by atoms with Crippen molar-refractivity contribution < 1.29 is 23.1 Å². The molecule has 0 radical (unpaired) electrons. The van der Waals surface area contributed by atoms with Gasteiger partial charge in [-0.3, -0.25) is 0 Å². The van der Waals surface area contributed by atoms with Crippen molar-refractivity contribution in [2.45, 2.75) is 6.18 Å². The molecular formula is C12H7ClF3N3O2. The minimum Gasteiger partial charge on any atom is -0.476 e. The predicted molar refractivity (Wildman–Crippen MR) is 68.7 cm³/mol. The highest BCUT2D eigenvalue weighted by Gasteiger charge is 2.33. The summed E-state index contributed by atoms with van der Waals surface area (Å²) in [6.45, 7) is 0. The number of benzene rings is 1. The maximum Gasteiger partial charge on any atom is 0.418 e. The van der Waals surface area contributed by atoms with Gasteiger partial charge in [-0.05, 0) is 18.2 Å². The van der Waals surface area contributed by atoms with Gasteiger partial charge in [0, 0.05) is 5.02 Å². The molecule has 0 fully saturated rings. The largest absolute Gasteiger partial charge is 0.476 e. The van der Waals surface area contributed by atoms with Gasteiger partial charge in [0.1, 0.15) is 5.82 Å². The van der Waals surface area contributed by atoms with E-state index in [9.17, 15) is 18.0 Å². The number of nitrogens with one attached hydrogen (secondary N) is 1. The van der Waals surface area contributed by atoms with Gasteiger partial charge >= 0.3 is 12.1 Å². The number of aromatic nitrogens is 2. The van der Waals surface area contributed by atoms with Crippen LogP contribution in [0, 0.1) is 0 Å². The minimum atomic E-state index is -4.60. The SMILES string of the molecule is O=C(O)c1cnc(Nc2ccc(Cl)cc2C(F)(F)F)cn1. The van der Waals surface area contributed by atoms with Crippen molar-refractivity contribution in [2.24, 2.45) is 0 Å². The van der Waals surface area contributed by atoms with Crippen LogP contribution in [0.1, 0.15) is 16.1 Å². The lowest BCUT2D eigenvalue weighted by Gasteiger charge is -2.14. The van der Waals surface area contributed by atoms with Gasteiger partial charge < -0.3 is 10.4 Å².